The van der Waals surface area contributed by atoms with E-state index in [0.717, 1.165) is 6.07 Å². The summed E-state index contributed by atoms with van der Waals surface area (Å²) in [6.07, 6.45) is 0. The zero-order valence-corrected chi connectivity index (χ0v) is 11.6. The number of rotatable bonds is 4. The monoisotopic (exact) mass is 338 g/mol. The molecule has 0 atom stereocenters. The summed E-state index contributed by atoms with van der Waals surface area (Å²) in [5.74, 6) is -1.63. The lowest BCUT2D eigenvalue weighted by Gasteiger charge is -2.05. The molecule has 92 valence electrons. The van der Waals surface area contributed by atoms with E-state index in [1.165, 1.54) is 12.1 Å². The van der Waals surface area contributed by atoms with Crippen LogP contribution in [0, 0.1) is 0 Å². The summed E-state index contributed by atoms with van der Waals surface area (Å²) in [7, 11) is -3.65. The second-order valence-corrected chi connectivity index (χ2v) is 6.60. The summed E-state index contributed by atoms with van der Waals surface area (Å²) in [6.45, 7) is 3.30. The molecule has 7 heteroatoms. The summed E-state index contributed by atoms with van der Waals surface area (Å²) in [6, 6.07) is 3.76. The van der Waals surface area contributed by atoms with Gasteiger partial charge in [-0.2, -0.15) is 0 Å². The van der Waals surface area contributed by atoms with Gasteiger partial charge in [-0.1, -0.05) is 18.2 Å². The summed E-state index contributed by atoms with van der Waals surface area (Å²) >= 11 is 8.48. The third kappa shape index (κ3) is 3.55. The van der Waals surface area contributed by atoms with Crippen molar-refractivity contribution in [3.8, 4) is 0 Å². The molecule has 0 aliphatic carbocycles. The highest BCUT2D eigenvalue weighted by atomic mass is 79.9. The van der Waals surface area contributed by atoms with E-state index in [-0.39, 0.29) is 15.5 Å². The van der Waals surface area contributed by atoms with Gasteiger partial charge >= 0.3 is 5.97 Å². The molecule has 0 aromatic heterocycles. The van der Waals surface area contributed by atoms with Crippen molar-refractivity contribution < 1.29 is 18.3 Å². The molecule has 0 saturated carbocycles. The second-order valence-electron chi connectivity index (χ2n) is 3.22. The smallest absolute Gasteiger partial charge is 0.336 e. The van der Waals surface area contributed by atoms with Crippen LogP contribution in [0.25, 0.3) is 0 Å². The second kappa shape index (κ2) is 5.20. The largest absolute Gasteiger partial charge is 0.478 e. The highest BCUT2D eigenvalue weighted by molar-refractivity contribution is 9.10. The fourth-order valence-electron chi connectivity index (χ4n) is 1.15. The molecule has 0 radical (unpaired) electrons. The third-order valence-electron chi connectivity index (χ3n) is 1.87. The highest BCUT2D eigenvalue weighted by Crippen LogP contribution is 2.23. The summed E-state index contributed by atoms with van der Waals surface area (Å²) < 4.78 is 23.9. The van der Waals surface area contributed by atoms with E-state index in [4.69, 9.17) is 16.7 Å². The lowest BCUT2D eigenvalue weighted by molar-refractivity contribution is 0.0695. The zero-order chi connectivity index (χ0) is 13.2. The van der Waals surface area contributed by atoms with Crippen LogP contribution >= 0.6 is 27.5 Å². The summed E-state index contributed by atoms with van der Waals surface area (Å²) in [4.78, 5) is 10.8. The Bertz CT molecular complexity index is 580. The summed E-state index contributed by atoms with van der Waals surface area (Å²) in [5.41, 5.74) is -0.119. The Morgan fingerprint density at radius 3 is 2.53 bits per heavy atom. The van der Waals surface area contributed by atoms with Crippen LogP contribution in [0.2, 0.25) is 0 Å². The number of halogens is 2. The lowest BCUT2D eigenvalue weighted by atomic mass is 10.2. The number of carbonyl (C=O) groups is 1. The maximum atomic E-state index is 11.8. The minimum atomic E-state index is -3.65. The molecule has 0 unspecified atom stereocenters. The number of hydrogen-bond acceptors (Lipinski definition) is 3. The molecule has 0 spiro atoms. The first-order valence-electron chi connectivity index (χ1n) is 4.33. The van der Waals surface area contributed by atoms with Crippen molar-refractivity contribution in [2.75, 3.05) is 5.75 Å². The maximum Gasteiger partial charge on any atom is 0.336 e. The number of carboxylic acid groups (broad SMARTS) is 1. The number of benzene rings is 1. The molecule has 0 aliphatic rings. The Balaban J connectivity index is 3.30. The van der Waals surface area contributed by atoms with Crippen LogP contribution in [-0.4, -0.2) is 25.2 Å². The van der Waals surface area contributed by atoms with Gasteiger partial charge in [-0.25, -0.2) is 13.2 Å². The van der Waals surface area contributed by atoms with Crippen molar-refractivity contribution in [2.45, 2.75) is 4.90 Å². The van der Waals surface area contributed by atoms with Crippen LogP contribution in [0.5, 0.6) is 0 Å². The van der Waals surface area contributed by atoms with E-state index >= 15 is 0 Å². The first kappa shape index (κ1) is 14.2. The molecule has 0 heterocycles. The molecular weight excluding hydrogens is 332 g/mol. The van der Waals surface area contributed by atoms with Gasteiger partial charge in [0.25, 0.3) is 0 Å². The first-order chi connectivity index (χ1) is 7.74. The van der Waals surface area contributed by atoms with Crippen molar-refractivity contribution in [1.82, 2.24) is 0 Å². The first-order valence-corrected chi connectivity index (χ1v) is 7.15. The number of carboxylic acids is 1. The van der Waals surface area contributed by atoms with Gasteiger partial charge in [0.15, 0.2) is 9.84 Å². The van der Waals surface area contributed by atoms with E-state index < -0.39 is 21.6 Å². The molecule has 0 amide bonds. The van der Waals surface area contributed by atoms with Gasteiger partial charge < -0.3 is 5.11 Å². The van der Waals surface area contributed by atoms with Crippen LogP contribution in [0.1, 0.15) is 10.4 Å². The van der Waals surface area contributed by atoms with E-state index in [9.17, 15) is 13.2 Å². The lowest BCUT2D eigenvalue weighted by Crippen LogP contribution is -2.08. The van der Waals surface area contributed by atoms with Gasteiger partial charge in [0, 0.05) is 9.51 Å². The van der Waals surface area contributed by atoms with E-state index in [1.807, 2.05) is 0 Å². The Hall–Kier alpha value is -0.850. The fourth-order valence-corrected chi connectivity index (χ4v) is 3.15. The molecule has 0 fully saturated rings. The molecule has 17 heavy (non-hydrogen) atoms. The van der Waals surface area contributed by atoms with Gasteiger partial charge in [0.2, 0.25) is 0 Å². The molecule has 0 aliphatic heterocycles. The number of sulfone groups is 1. The maximum absolute atomic E-state index is 11.8. The van der Waals surface area contributed by atoms with Crippen LogP contribution in [0.3, 0.4) is 0 Å². The normalized spacial score (nSPS) is 11.2. The van der Waals surface area contributed by atoms with E-state index in [0.29, 0.717) is 4.47 Å². The predicted molar refractivity (Wildman–Crippen MR) is 68.1 cm³/mol. The Labute approximate surface area is 112 Å². The Morgan fingerprint density at radius 1 is 1.47 bits per heavy atom. The number of aromatic carboxylic acids is 1. The van der Waals surface area contributed by atoms with Gasteiger partial charge in [0.1, 0.15) is 0 Å². The average Bonchev–Trinajstić information content (AvgIpc) is 2.15. The molecular formula is C10H8BrClO4S. The van der Waals surface area contributed by atoms with Crippen LogP contribution in [-0.2, 0) is 9.84 Å². The minimum absolute atomic E-state index is 0.0233. The van der Waals surface area contributed by atoms with Crippen molar-refractivity contribution >= 4 is 43.3 Å². The Morgan fingerprint density at radius 2 is 2.06 bits per heavy atom. The van der Waals surface area contributed by atoms with Gasteiger partial charge in [-0.15, -0.1) is 0 Å². The van der Waals surface area contributed by atoms with Crippen molar-refractivity contribution in [3.63, 3.8) is 0 Å². The van der Waals surface area contributed by atoms with Crippen molar-refractivity contribution in [2.24, 2.45) is 0 Å². The van der Waals surface area contributed by atoms with Gasteiger partial charge in [-0.3, -0.25) is 0 Å². The average molecular weight is 340 g/mol. The molecule has 1 rings (SSSR count). The molecule has 4 nitrogen and oxygen atoms in total. The zero-order valence-electron chi connectivity index (χ0n) is 8.48. The SMILES string of the molecule is C=C(Cl)CS(=O)(=O)c1ccc(Br)c(C(=O)O)c1. The van der Waals surface area contributed by atoms with Gasteiger partial charge in [-0.05, 0) is 34.1 Å². The molecule has 1 aromatic carbocycles. The minimum Gasteiger partial charge on any atom is -0.478 e. The van der Waals surface area contributed by atoms with Gasteiger partial charge in [0.05, 0.1) is 16.2 Å². The number of hydrogen-bond donors (Lipinski definition) is 1. The molecule has 0 saturated heterocycles. The standard InChI is InChI=1S/C10H8BrClO4S/c1-6(12)5-17(15,16)7-2-3-9(11)8(4-7)10(13)14/h2-4H,1,5H2,(H,13,14). The molecule has 1 aromatic rings. The quantitative estimate of drug-likeness (QED) is 0.915. The third-order valence-corrected chi connectivity index (χ3v) is 4.56. The van der Waals surface area contributed by atoms with Crippen molar-refractivity contribution in [3.05, 3.63) is 39.8 Å². The topological polar surface area (TPSA) is 71.4 Å². The molecule has 0 bridgehead atoms. The van der Waals surface area contributed by atoms with E-state index in [1.54, 1.807) is 0 Å². The fraction of sp³-hybridized carbons (Fsp3) is 0.100. The van der Waals surface area contributed by atoms with Crippen LogP contribution < -0.4 is 0 Å². The van der Waals surface area contributed by atoms with Crippen LogP contribution in [0.15, 0.2) is 39.2 Å². The van der Waals surface area contributed by atoms with Crippen molar-refractivity contribution in [1.29, 1.82) is 0 Å². The summed E-state index contributed by atoms with van der Waals surface area (Å²) in [5, 5.41) is 8.85. The van der Waals surface area contributed by atoms with E-state index in [2.05, 4.69) is 22.5 Å². The predicted octanol–water partition coefficient (Wildman–Crippen LogP) is 2.67. The highest BCUT2D eigenvalue weighted by Gasteiger charge is 2.18. The van der Waals surface area contributed by atoms with Crippen LogP contribution in [0.4, 0.5) is 0 Å². The molecule has 1 N–H and O–H groups in total. The Kier molecular flexibility index (Phi) is 4.35.